The first-order valence-corrected chi connectivity index (χ1v) is 11.9. The molecule has 0 aliphatic heterocycles. The average Bonchev–Trinajstić information content (AvgIpc) is 2.83. The smallest absolute Gasteiger partial charge is 0.246 e. The first kappa shape index (κ1) is 27.8. The number of benzene rings is 1. The largest absolute Gasteiger partial charge is 0.508 e. The van der Waals surface area contributed by atoms with Crippen LogP contribution in [0.15, 0.2) is 48.8 Å². The van der Waals surface area contributed by atoms with Gasteiger partial charge in [0.15, 0.2) is 0 Å². The molecule has 0 radical (unpaired) electrons. The van der Waals surface area contributed by atoms with E-state index in [4.69, 9.17) is 11.5 Å². The van der Waals surface area contributed by atoms with Crippen molar-refractivity contribution >= 4 is 17.7 Å². The number of amides is 3. The van der Waals surface area contributed by atoms with Crippen LogP contribution in [0.1, 0.15) is 45.2 Å². The maximum absolute atomic E-state index is 14.0. The standard InChI is InChI=1S/C26H37N5O4/c1-5-17(4)23(24(28)33)31(15-19-10-12-29-13-11-19)26(35)21(30-25(34)22(27)16(2)3)14-18-6-8-20(32)9-7-18/h6-13,16-17,21-23,32H,5,14-15,27H2,1-4H3,(H2,28,33)(H,30,34)/t17-,21-,22-,23-/m0/s1. The minimum absolute atomic E-state index is 0.0902. The van der Waals surface area contributed by atoms with E-state index in [1.165, 1.54) is 17.0 Å². The molecule has 3 amide bonds. The maximum Gasteiger partial charge on any atom is 0.246 e. The van der Waals surface area contributed by atoms with Crippen LogP contribution in [0.2, 0.25) is 0 Å². The van der Waals surface area contributed by atoms with Gasteiger partial charge in [0.2, 0.25) is 17.7 Å². The lowest BCUT2D eigenvalue weighted by atomic mass is 9.94. The van der Waals surface area contributed by atoms with Gasteiger partial charge in [0.05, 0.1) is 6.04 Å². The van der Waals surface area contributed by atoms with Crippen molar-refractivity contribution < 1.29 is 19.5 Å². The Morgan fingerprint density at radius 2 is 1.63 bits per heavy atom. The molecule has 35 heavy (non-hydrogen) atoms. The molecule has 0 unspecified atom stereocenters. The number of aromatic hydroxyl groups is 1. The number of nitrogens with zero attached hydrogens (tertiary/aromatic N) is 2. The molecule has 0 bridgehead atoms. The van der Waals surface area contributed by atoms with Crippen LogP contribution in [0.3, 0.4) is 0 Å². The Balaban J connectivity index is 2.48. The number of phenolic OH excluding ortho intramolecular Hbond substituents is 1. The molecule has 0 aliphatic carbocycles. The van der Waals surface area contributed by atoms with E-state index in [-0.39, 0.29) is 30.6 Å². The monoisotopic (exact) mass is 483 g/mol. The average molecular weight is 484 g/mol. The number of carbonyl (C=O) groups excluding carboxylic acids is 3. The Bertz CT molecular complexity index is 981. The number of aromatic nitrogens is 1. The third-order valence-electron chi connectivity index (χ3n) is 6.21. The number of nitrogens with one attached hydrogen (secondary N) is 1. The van der Waals surface area contributed by atoms with Gasteiger partial charge < -0.3 is 26.8 Å². The molecule has 2 rings (SSSR count). The molecule has 1 heterocycles. The second kappa shape index (κ2) is 12.9. The highest BCUT2D eigenvalue weighted by atomic mass is 16.3. The SMILES string of the molecule is CC[C@H](C)[C@@H](C(N)=O)N(Cc1ccncc1)C(=O)[C@H](Cc1ccc(O)cc1)NC(=O)[C@@H](N)C(C)C. The van der Waals surface area contributed by atoms with Crippen LogP contribution in [0.4, 0.5) is 0 Å². The molecule has 0 aliphatic rings. The van der Waals surface area contributed by atoms with Gasteiger partial charge in [-0.05, 0) is 47.2 Å². The van der Waals surface area contributed by atoms with Gasteiger partial charge in [-0.25, -0.2) is 0 Å². The van der Waals surface area contributed by atoms with Crippen molar-refractivity contribution in [1.82, 2.24) is 15.2 Å². The van der Waals surface area contributed by atoms with Crippen molar-refractivity contribution in [2.24, 2.45) is 23.3 Å². The maximum atomic E-state index is 14.0. The van der Waals surface area contributed by atoms with E-state index < -0.39 is 35.8 Å². The minimum atomic E-state index is -0.996. The van der Waals surface area contributed by atoms with E-state index in [2.05, 4.69) is 10.3 Å². The van der Waals surface area contributed by atoms with E-state index in [1.54, 1.807) is 36.7 Å². The molecule has 9 heteroatoms. The lowest BCUT2D eigenvalue weighted by Crippen LogP contribution is -2.59. The predicted octanol–water partition coefficient (Wildman–Crippen LogP) is 1.73. The Labute approximate surface area is 206 Å². The van der Waals surface area contributed by atoms with Crippen molar-refractivity contribution in [3.63, 3.8) is 0 Å². The zero-order valence-electron chi connectivity index (χ0n) is 20.8. The fourth-order valence-electron chi connectivity index (χ4n) is 3.80. The number of hydrogen-bond acceptors (Lipinski definition) is 6. The normalized spacial score (nSPS) is 14.6. The summed E-state index contributed by atoms with van der Waals surface area (Å²) in [6, 6.07) is 7.23. The van der Waals surface area contributed by atoms with Crippen LogP contribution in [-0.4, -0.2) is 50.8 Å². The van der Waals surface area contributed by atoms with Crippen LogP contribution < -0.4 is 16.8 Å². The summed E-state index contributed by atoms with van der Waals surface area (Å²) >= 11 is 0. The highest BCUT2D eigenvalue weighted by Gasteiger charge is 2.37. The zero-order chi connectivity index (χ0) is 26.1. The lowest BCUT2D eigenvalue weighted by Gasteiger charge is -2.36. The molecule has 1 aromatic carbocycles. The number of pyridine rings is 1. The number of rotatable bonds is 12. The van der Waals surface area contributed by atoms with Gasteiger partial charge in [0.1, 0.15) is 17.8 Å². The summed E-state index contributed by atoms with van der Waals surface area (Å²) in [5.41, 5.74) is 13.3. The fraction of sp³-hybridized carbons (Fsp3) is 0.462. The molecule has 0 saturated carbocycles. The quantitative estimate of drug-likeness (QED) is 0.361. The molecular formula is C26H37N5O4. The molecule has 4 atom stereocenters. The Kier molecular flexibility index (Phi) is 10.2. The van der Waals surface area contributed by atoms with Crippen molar-refractivity contribution in [3.8, 4) is 5.75 Å². The minimum Gasteiger partial charge on any atom is -0.508 e. The number of nitrogens with two attached hydrogens (primary N) is 2. The summed E-state index contributed by atoms with van der Waals surface area (Å²) in [5.74, 6) is -1.77. The zero-order valence-corrected chi connectivity index (χ0v) is 20.8. The topological polar surface area (TPSA) is 152 Å². The summed E-state index contributed by atoms with van der Waals surface area (Å²) in [6.07, 6.45) is 3.99. The van der Waals surface area contributed by atoms with Crippen molar-refractivity contribution in [3.05, 3.63) is 59.9 Å². The first-order chi connectivity index (χ1) is 16.5. The highest BCUT2D eigenvalue weighted by molar-refractivity contribution is 5.93. The van der Waals surface area contributed by atoms with Gasteiger partial charge in [0.25, 0.3) is 0 Å². The number of carbonyl (C=O) groups is 3. The highest BCUT2D eigenvalue weighted by Crippen LogP contribution is 2.21. The van der Waals surface area contributed by atoms with Gasteiger partial charge in [-0.1, -0.05) is 46.2 Å². The third kappa shape index (κ3) is 7.78. The Hall–Kier alpha value is -3.46. The van der Waals surface area contributed by atoms with E-state index in [0.29, 0.717) is 6.42 Å². The predicted molar refractivity (Wildman–Crippen MR) is 134 cm³/mol. The van der Waals surface area contributed by atoms with Gasteiger partial charge in [-0.15, -0.1) is 0 Å². The van der Waals surface area contributed by atoms with Crippen molar-refractivity contribution in [2.75, 3.05) is 0 Å². The van der Waals surface area contributed by atoms with Gasteiger partial charge in [-0.3, -0.25) is 19.4 Å². The summed E-state index contributed by atoms with van der Waals surface area (Å²) in [7, 11) is 0. The second-order valence-corrected chi connectivity index (χ2v) is 9.26. The van der Waals surface area contributed by atoms with Crippen LogP contribution >= 0.6 is 0 Å². The molecule has 0 fully saturated rings. The summed E-state index contributed by atoms with van der Waals surface area (Å²) in [5, 5.41) is 12.4. The first-order valence-electron chi connectivity index (χ1n) is 11.9. The van der Waals surface area contributed by atoms with Crippen LogP contribution in [0, 0.1) is 11.8 Å². The van der Waals surface area contributed by atoms with Crippen LogP contribution in [-0.2, 0) is 27.3 Å². The number of primary amides is 1. The van der Waals surface area contributed by atoms with Gasteiger partial charge in [-0.2, -0.15) is 0 Å². The van der Waals surface area contributed by atoms with E-state index in [0.717, 1.165) is 11.1 Å². The molecule has 2 aromatic rings. The fourth-order valence-corrected chi connectivity index (χ4v) is 3.80. The summed E-state index contributed by atoms with van der Waals surface area (Å²) in [4.78, 5) is 44.9. The van der Waals surface area contributed by atoms with E-state index in [9.17, 15) is 19.5 Å². The number of hydrogen-bond donors (Lipinski definition) is 4. The van der Waals surface area contributed by atoms with Crippen molar-refractivity contribution in [2.45, 2.75) is 65.2 Å². The Morgan fingerprint density at radius 3 is 2.14 bits per heavy atom. The van der Waals surface area contributed by atoms with Crippen LogP contribution in [0.5, 0.6) is 5.75 Å². The molecule has 9 nitrogen and oxygen atoms in total. The third-order valence-corrected chi connectivity index (χ3v) is 6.21. The molecule has 0 saturated heterocycles. The molecule has 0 spiro atoms. The molecule has 6 N–H and O–H groups in total. The van der Waals surface area contributed by atoms with Crippen LogP contribution in [0.25, 0.3) is 0 Å². The Morgan fingerprint density at radius 1 is 1.03 bits per heavy atom. The number of phenols is 1. The van der Waals surface area contributed by atoms with Gasteiger partial charge >= 0.3 is 0 Å². The molecule has 190 valence electrons. The van der Waals surface area contributed by atoms with Gasteiger partial charge in [0, 0.05) is 25.4 Å². The molecular weight excluding hydrogens is 446 g/mol. The van der Waals surface area contributed by atoms with E-state index in [1.807, 2.05) is 27.7 Å². The molecule has 1 aromatic heterocycles. The summed E-state index contributed by atoms with van der Waals surface area (Å²) < 4.78 is 0. The lowest BCUT2D eigenvalue weighted by molar-refractivity contribution is -0.145. The van der Waals surface area contributed by atoms with E-state index >= 15 is 0 Å². The van der Waals surface area contributed by atoms with Crippen molar-refractivity contribution in [1.29, 1.82) is 0 Å². The second-order valence-electron chi connectivity index (χ2n) is 9.26. The summed E-state index contributed by atoms with van der Waals surface area (Å²) in [6.45, 7) is 7.56.